The van der Waals surface area contributed by atoms with Gasteiger partial charge in [-0.15, -0.1) is 6.58 Å². The number of amides is 1. The first kappa shape index (κ1) is 13.0. The van der Waals surface area contributed by atoms with Gasteiger partial charge in [0, 0.05) is 17.2 Å². The Morgan fingerprint density at radius 3 is 3.11 bits per heavy atom. The van der Waals surface area contributed by atoms with Crippen LogP contribution in [-0.2, 0) is 4.74 Å². The van der Waals surface area contributed by atoms with E-state index in [-0.39, 0.29) is 6.61 Å². The first-order valence-electron chi connectivity index (χ1n) is 5.47. The molecule has 0 aliphatic carbocycles. The van der Waals surface area contributed by atoms with Crippen LogP contribution in [0.15, 0.2) is 35.5 Å². The van der Waals surface area contributed by atoms with Gasteiger partial charge >= 0.3 is 6.09 Å². The molecule has 1 saturated heterocycles. The number of halogens is 1. The summed E-state index contributed by atoms with van der Waals surface area (Å²) in [4.78, 5) is 17.1. The van der Waals surface area contributed by atoms with Crippen molar-refractivity contribution in [3.8, 4) is 0 Å². The number of hydrogen-bond acceptors (Lipinski definition) is 4. The second-order valence-corrected chi connectivity index (χ2v) is 4.85. The molecule has 1 aromatic heterocycles. The van der Waals surface area contributed by atoms with Crippen LogP contribution in [0, 0.1) is 0 Å². The van der Waals surface area contributed by atoms with Crippen molar-refractivity contribution in [2.75, 3.05) is 13.2 Å². The van der Waals surface area contributed by atoms with E-state index in [1.165, 1.54) is 4.90 Å². The molecule has 0 saturated carbocycles. The average molecular weight is 313 g/mol. The summed E-state index contributed by atoms with van der Waals surface area (Å²) in [5.41, 5.74) is 0.510. The van der Waals surface area contributed by atoms with Crippen molar-refractivity contribution in [3.05, 3.63) is 41.2 Å². The van der Waals surface area contributed by atoms with Crippen LogP contribution in [0.5, 0.6) is 0 Å². The zero-order chi connectivity index (χ0) is 13.1. The summed E-state index contributed by atoms with van der Waals surface area (Å²) in [6.07, 6.45) is 1.90. The third kappa shape index (κ3) is 2.54. The van der Waals surface area contributed by atoms with Gasteiger partial charge in [-0.25, -0.2) is 4.79 Å². The third-order valence-corrected chi connectivity index (χ3v) is 3.23. The number of carbonyl (C=O) groups excluding carboxylic acids is 1. The number of pyridine rings is 1. The van der Waals surface area contributed by atoms with Gasteiger partial charge in [-0.2, -0.15) is 0 Å². The molecule has 96 valence electrons. The number of nitrogens with zero attached hydrogens (tertiary/aromatic N) is 2. The molecule has 0 aromatic carbocycles. The molecule has 5 nitrogen and oxygen atoms in total. The number of rotatable bonds is 4. The van der Waals surface area contributed by atoms with Gasteiger partial charge in [-0.1, -0.05) is 6.08 Å². The van der Waals surface area contributed by atoms with Gasteiger partial charge in [0.1, 0.15) is 18.8 Å². The lowest BCUT2D eigenvalue weighted by atomic mass is 10.1. The minimum absolute atomic E-state index is 0.158. The van der Waals surface area contributed by atoms with E-state index >= 15 is 0 Å². The van der Waals surface area contributed by atoms with E-state index in [9.17, 15) is 9.90 Å². The number of cyclic esters (lactones) is 1. The van der Waals surface area contributed by atoms with Crippen molar-refractivity contribution in [2.24, 2.45) is 0 Å². The van der Waals surface area contributed by atoms with Crippen LogP contribution in [0.3, 0.4) is 0 Å². The molecule has 18 heavy (non-hydrogen) atoms. The number of carbonyl (C=O) groups is 1. The quantitative estimate of drug-likeness (QED) is 0.862. The van der Waals surface area contributed by atoms with Crippen LogP contribution in [0.1, 0.15) is 11.8 Å². The van der Waals surface area contributed by atoms with Crippen LogP contribution >= 0.6 is 15.9 Å². The molecule has 1 aromatic rings. The van der Waals surface area contributed by atoms with Crippen molar-refractivity contribution in [3.63, 3.8) is 0 Å². The van der Waals surface area contributed by atoms with Gasteiger partial charge < -0.3 is 9.84 Å². The molecule has 1 aliphatic heterocycles. The Morgan fingerprint density at radius 1 is 1.72 bits per heavy atom. The highest BCUT2D eigenvalue weighted by atomic mass is 79.9. The topological polar surface area (TPSA) is 62.7 Å². The predicted molar refractivity (Wildman–Crippen MR) is 68.9 cm³/mol. The lowest BCUT2D eigenvalue weighted by Crippen LogP contribution is -2.38. The maximum Gasteiger partial charge on any atom is 0.410 e. The fourth-order valence-corrected chi connectivity index (χ4v) is 2.07. The fourth-order valence-electron chi connectivity index (χ4n) is 1.83. The normalized spacial score (nSPS) is 20.7. The number of aliphatic hydroxyl groups is 1. The Hall–Kier alpha value is -1.40. The summed E-state index contributed by atoms with van der Waals surface area (Å²) in [5, 5.41) is 10.2. The number of aliphatic hydroxyl groups excluding tert-OH is 1. The van der Waals surface area contributed by atoms with Gasteiger partial charge in [-0.05, 0) is 28.1 Å². The minimum Gasteiger partial charge on any atom is -0.447 e. The SMILES string of the molecule is C=CCN1C(=O)OCC1C(O)c1ccc(Br)cn1. The van der Waals surface area contributed by atoms with E-state index in [0.29, 0.717) is 12.2 Å². The Bertz CT molecular complexity index is 449. The van der Waals surface area contributed by atoms with Gasteiger partial charge in [0.2, 0.25) is 0 Å². The fraction of sp³-hybridized carbons (Fsp3) is 0.333. The van der Waals surface area contributed by atoms with Crippen LogP contribution in [0.4, 0.5) is 4.79 Å². The predicted octanol–water partition coefficient (Wildman–Crippen LogP) is 1.88. The Morgan fingerprint density at radius 2 is 2.50 bits per heavy atom. The highest BCUT2D eigenvalue weighted by Crippen LogP contribution is 2.25. The summed E-state index contributed by atoms with van der Waals surface area (Å²) >= 11 is 3.28. The zero-order valence-electron chi connectivity index (χ0n) is 9.62. The van der Waals surface area contributed by atoms with Crippen molar-refractivity contribution in [1.29, 1.82) is 0 Å². The minimum atomic E-state index is -0.871. The number of ether oxygens (including phenoxy) is 1. The molecule has 0 bridgehead atoms. The lowest BCUT2D eigenvalue weighted by Gasteiger charge is -2.24. The molecular weight excluding hydrogens is 300 g/mol. The molecule has 0 radical (unpaired) electrons. The average Bonchev–Trinajstić information content (AvgIpc) is 2.72. The zero-order valence-corrected chi connectivity index (χ0v) is 11.2. The highest BCUT2D eigenvalue weighted by Gasteiger charge is 2.38. The largest absolute Gasteiger partial charge is 0.447 e. The Kier molecular flexibility index (Phi) is 3.98. The summed E-state index contributed by atoms with van der Waals surface area (Å²) in [6.45, 7) is 4.09. The van der Waals surface area contributed by atoms with E-state index in [4.69, 9.17) is 4.74 Å². The van der Waals surface area contributed by atoms with E-state index in [1.807, 2.05) is 0 Å². The Balaban J connectivity index is 2.17. The lowest BCUT2D eigenvalue weighted by molar-refractivity contribution is 0.0869. The summed E-state index contributed by atoms with van der Waals surface area (Å²) in [6, 6.07) is 3.08. The maximum absolute atomic E-state index is 11.5. The van der Waals surface area contributed by atoms with Crippen LogP contribution in [0.2, 0.25) is 0 Å². The highest BCUT2D eigenvalue weighted by molar-refractivity contribution is 9.10. The summed E-state index contributed by atoms with van der Waals surface area (Å²) < 4.78 is 5.77. The molecule has 6 heteroatoms. The number of aromatic nitrogens is 1. The van der Waals surface area contributed by atoms with Crippen molar-refractivity contribution >= 4 is 22.0 Å². The van der Waals surface area contributed by atoms with Crippen LogP contribution < -0.4 is 0 Å². The van der Waals surface area contributed by atoms with Crippen molar-refractivity contribution < 1.29 is 14.6 Å². The second-order valence-electron chi connectivity index (χ2n) is 3.93. The van der Waals surface area contributed by atoms with Crippen LogP contribution in [-0.4, -0.2) is 40.3 Å². The van der Waals surface area contributed by atoms with E-state index < -0.39 is 18.2 Å². The second kappa shape index (κ2) is 5.49. The van der Waals surface area contributed by atoms with E-state index in [2.05, 4.69) is 27.5 Å². The van der Waals surface area contributed by atoms with Crippen molar-refractivity contribution in [1.82, 2.24) is 9.88 Å². The monoisotopic (exact) mass is 312 g/mol. The van der Waals surface area contributed by atoms with Gasteiger partial charge in [0.15, 0.2) is 0 Å². The molecule has 1 aliphatic rings. The van der Waals surface area contributed by atoms with E-state index in [1.54, 1.807) is 24.4 Å². The molecule has 1 amide bonds. The first-order valence-corrected chi connectivity index (χ1v) is 6.26. The molecule has 1 N–H and O–H groups in total. The molecule has 1 fully saturated rings. The number of hydrogen-bond donors (Lipinski definition) is 1. The molecule has 2 heterocycles. The summed E-state index contributed by atoms with van der Waals surface area (Å²) in [5.74, 6) is 0. The van der Waals surface area contributed by atoms with Crippen LogP contribution in [0.25, 0.3) is 0 Å². The first-order chi connectivity index (χ1) is 8.63. The molecule has 2 rings (SSSR count). The Labute approximate surface area is 113 Å². The van der Waals surface area contributed by atoms with Gasteiger partial charge in [0.25, 0.3) is 0 Å². The summed E-state index contributed by atoms with van der Waals surface area (Å²) in [7, 11) is 0. The third-order valence-electron chi connectivity index (χ3n) is 2.76. The molecule has 2 unspecified atom stereocenters. The van der Waals surface area contributed by atoms with Gasteiger partial charge in [-0.3, -0.25) is 9.88 Å². The van der Waals surface area contributed by atoms with Gasteiger partial charge in [0.05, 0.1) is 5.69 Å². The molecular formula is C12H13BrN2O3. The van der Waals surface area contributed by atoms with Crippen molar-refractivity contribution in [2.45, 2.75) is 12.1 Å². The molecule has 2 atom stereocenters. The maximum atomic E-state index is 11.5. The molecule has 0 spiro atoms. The van der Waals surface area contributed by atoms with E-state index in [0.717, 1.165) is 4.47 Å². The smallest absolute Gasteiger partial charge is 0.410 e. The standard InChI is InChI=1S/C12H13BrN2O3/c1-2-5-15-10(7-18-12(15)17)11(16)9-4-3-8(13)6-14-9/h2-4,6,10-11,16H,1,5,7H2.